The number of nitrogens with two attached hydrogens (primary N) is 2. The van der Waals surface area contributed by atoms with Gasteiger partial charge in [0.25, 0.3) is 0 Å². The van der Waals surface area contributed by atoms with Crippen LogP contribution in [0.1, 0.15) is 25.0 Å². The lowest BCUT2D eigenvalue weighted by Gasteiger charge is -2.12. The predicted molar refractivity (Wildman–Crippen MR) is 83.1 cm³/mol. The number of rotatable bonds is 8. The van der Waals surface area contributed by atoms with Crippen LogP contribution in [0, 0.1) is 0 Å². The second kappa shape index (κ2) is 9.17. The maximum absolute atomic E-state index is 11.5. The Labute approximate surface area is 130 Å². The molecule has 1 aromatic rings. The number of benzene rings is 1. The third-order valence-electron chi connectivity index (χ3n) is 3.11. The molecule has 0 fully saturated rings. The van der Waals surface area contributed by atoms with Crippen LogP contribution in [-0.4, -0.2) is 37.2 Å². The van der Waals surface area contributed by atoms with Crippen LogP contribution in [0.2, 0.25) is 0 Å². The highest BCUT2D eigenvalue weighted by Crippen LogP contribution is 2.09. The monoisotopic (exact) mass is 308 g/mol. The molecule has 0 unspecified atom stereocenters. The van der Waals surface area contributed by atoms with E-state index in [1.807, 2.05) is 24.3 Å². The van der Waals surface area contributed by atoms with E-state index >= 15 is 0 Å². The number of hydrogen-bond donors (Lipinski definition) is 2. The molecule has 6 nitrogen and oxygen atoms in total. The van der Waals surface area contributed by atoms with Crippen molar-refractivity contribution < 1.29 is 19.1 Å². The van der Waals surface area contributed by atoms with E-state index < -0.39 is 24.0 Å². The first-order valence-electron chi connectivity index (χ1n) is 7.40. The normalized spacial score (nSPS) is 13.3. The molecular formula is C16H24N2O4. The molecule has 0 radical (unpaired) electrons. The van der Waals surface area contributed by atoms with Gasteiger partial charge in [0, 0.05) is 0 Å². The molecule has 6 heteroatoms. The minimum atomic E-state index is -0.674. The summed E-state index contributed by atoms with van der Waals surface area (Å²) in [5, 5.41) is 0. The van der Waals surface area contributed by atoms with Gasteiger partial charge in [-0.2, -0.15) is 0 Å². The average Bonchev–Trinajstić information content (AvgIpc) is 2.49. The van der Waals surface area contributed by atoms with E-state index in [0.29, 0.717) is 26.1 Å². The van der Waals surface area contributed by atoms with Gasteiger partial charge in [0.05, 0.1) is 13.2 Å². The Morgan fingerprint density at radius 1 is 0.864 bits per heavy atom. The Kier molecular flexibility index (Phi) is 7.56. The molecule has 0 saturated carbocycles. The maximum atomic E-state index is 11.5. The summed E-state index contributed by atoms with van der Waals surface area (Å²) < 4.78 is 9.74. The number of esters is 2. The first kappa shape index (κ1) is 18.1. The van der Waals surface area contributed by atoms with Crippen molar-refractivity contribution in [3.05, 3.63) is 35.4 Å². The molecule has 0 spiro atoms. The third kappa shape index (κ3) is 5.83. The molecule has 0 aliphatic heterocycles. The first-order chi connectivity index (χ1) is 10.5. The van der Waals surface area contributed by atoms with E-state index in [1.165, 1.54) is 0 Å². The Bertz CT molecular complexity index is 442. The van der Waals surface area contributed by atoms with Crippen molar-refractivity contribution in [3.63, 3.8) is 0 Å². The summed E-state index contributed by atoms with van der Waals surface area (Å²) in [5.41, 5.74) is 13.4. The van der Waals surface area contributed by atoms with Crippen molar-refractivity contribution in [2.45, 2.75) is 38.8 Å². The average molecular weight is 308 g/mol. The number of carbonyl (C=O) groups excluding carboxylic acids is 2. The van der Waals surface area contributed by atoms with E-state index in [1.54, 1.807) is 13.8 Å². The molecule has 122 valence electrons. The smallest absolute Gasteiger partial charge is 0.323 e. The summed E-state index contributed by atoms with van der Waals surface area (Å²) in [7, 11) is 0. The predicted octanol–water partition coefficient (Wildman–Crippen LogP) is 0.552. The molecule has 22 heavy (non-hydrogen) atoms. The highest BCUT2D eigenvalue weighted by Gasteiger charge is 2.16. The highest BCUT2D eigenvalue weighted by atomic mass is 16.5. The van der Waals surface area contributed by atoms with Crippen LogP contribution in [0.3, 0.4) is 0 Å². The zero-order valence-corrected chi connectivity index (χ0v) is 13.1. The number of carbonyl (C=O) groups is 2. The van der Waals surface area contributed by atoms with E-state index in [0.717, 1.165) is 11.1 Å². The van der Waals surface area contributed by atoms with Crippen LogP contribution in [0.15, 0.2) is 24.3 Å². The molecule has 1 aromatic carbocycles. The fourth-order valence-corrected chi connectivity index (χ4v) is 1.98. The molecule has 0 amide bonds. The van der Waals surface area contributed by atoms with Crippen LogP contribution >= 0.6 is 0 Å². The van der Waals surface area contributed by atoms with Gasteiger partial charge in [-0.25, -0.2) is 0 Å². The molecule has 4 N–H and O–H groups in total. The minimum Gasteiger partial charge on any atom is -0.465 e. The highest BCUT2D eigenvalue weighted by molar-refractivity contribution is 5.76. The van der Waals surface area contributed by atoms with Gasteiger partial charge in [0.15, 0.2) is 0 Å². The Balaban J connectivity index is 2.56. The van der Waals surface area contributed by atoms with Crippen LogP contribution in [-0.2, 0) is 31.9 Å². The third-order valence-corrected chi connectivity index (χ3v) is 3.11. The van der Waals surface area contributed by atoms with E-state index in [9.17, 15) is 9.59 Å². The van der Waals surface area contributed by atoms with Crippen LogP contribution in [0.4, 0.5) is 0 Å². The lowest BCUT2D eigenvalue weighted by molar-refractivity contribution is -0.145. The minimum absolute atomic E-state index is 0.317. The molecule has 2 atom stereocenters. The molecule has 0 aromatic heterocycles. The quantitative estimate of drug-likeness (QED) is 0.680. The summed E-state index contributed by atoms with van der Waals surface area (Å²) in [4.78, 5) is 23.0. The van der Waals surface area contributed by atoms with Gasteiger partial charge in [0.1, 0.15) is 12.1 Å². The van der Waals surface area contributed by atoms with Crippen molar-refractivity contribution >= 4 is 11.9 Å². The van der Waals surface area contributed by atoms with Crippen LogP contribution in [0.25, 0.3) is 0 Å². The van der Waals surface area contributed by atoms with Crippen molar-refractivity contribution in [1.82, 2.24) is 0 Å². The zero-order chi connectivity index (χ0) is 16.5. The zero-order valence-electron chi connectivity index (χ0n) is 13.1. The molecule has 0 heterocycles. The van der Waals surface area contributed by atoms with E-state index in [-0.39, 0.29) is 0 Å². The summed E-state index contributed by atoms with van der Waals surface area (Å²) in [6, 6.07) is 6.12. The van der Waals surface area contributed by atoms with Gasteiger partial charge in [-0.05, 0) is 37.8 Å². The van der Waals surface area contributed by atoms with Gasteiger partial charge < -0.3 is 20.9 Å². The number of hydrogen-bond acceptors (Lipinski definition) is 6. The lowest BCUT2D eigenvalue weighted by atomic mass is 10.0. The summed E-state index contributed by atoms with van der Waals surface area (Å²) in [5.74, 6) is -0.813. The molecule has 0 aliphatic rings. The van der Waals surface area contributed by atoms with Crippen LogP contribution in [0.5, 0.6) is 0 Å². The van der Waals surface area contributed by atoms with Crippen molar-refractivity contribution in [1.29, 1.82) is 0 Å². The second-order valence-electron chi connectivity index (χ2n) is 4.94. The van der Waals surface area contributed by atoms with Crippen molar-refractivity contribution in [2.24, 2.45) is 11.5 Å². The topological polar surface area (TPSA) is 105 Å². The second-order valence-corrected chi connectivity index (χ2v) is 4.94. The standard InChI is InChI=1S/C16H24N2O4/c1-3-21-15(19)13(17)9-11-5-7-12(8-6-11)10-14(18)16(20)22-4-2/h5-8,13-14H,3-4,9-10,17-18H2,1-2H3/t13-,14-/m1/s1. The summed E-state index contributed by atoms with van der Waals surface area (Å²) in [6.07, 6.45) is 0.812. The van der Waals surface area contributed by atoms with Gasteiger partial charge >= 0.3 is 11.9 Å². The molecule has 0 bridgehead atoms. The van der Waals surface area contributed by atoms with Gasteiger partial charge in [-0.1, -0.05) is 24.3 Å². The lowest BCUT2D eigenvalue weighted by Crippen LogP contribution is -2.34. The SMILES string of the molecule is CCOC(=O)[C@H](N)Cc1ccc(C[C@@H](N)C(=O)OCC)cc1. The molecule has 0 saturated heterocycles. The maximum Gasteiger partial charge on any atom is 0.323 e. The van der Waals surface area contributed by atoms with Crippen molar-refractivity contribution in [2.75, 3.05) is 13.2 Å². The van der Waals surface area contributed by atoms with Gasteiger partial charge in [-0.15, -0.1) is 0 Å². The van der Waals surface area contributed by atoms with Crippen molar-refractivity contribution in [3.8, 4) is 0 Å². The van der Waals surface area contributed by atoms with Crippen LogP contribution < -0.4 is 11.5 Å². The van der Waals surface area contributed by atoms with Gasteiger partial charge in [-0.3, -0.25) is 9.59 Å². The fourth-order valence-electron chi connectivity index (χ4n) is 1.98. The first-order valence-corrected chi connectivity index (χ1v) is 7.40. The molecule has 1 rings (SSSR count). The Morgan fingerprint density at radius 2 is 1.18 bits per heavy atom. The Morgan fingerprint density at radius 3 is 1.45 bits per heavy atom. The molecular weight excluding hydrogens is 284 g/mol. The van der Waals surface area contributed by atoms with E-state index in [4.69, 9.17) is 20.9 Å². The van der Waals surface area contributed by atoms with E-state index in [2.05, 4.69) is 0 Å². The molecule has 0 aliphatic carbocycles. The number of ether oxygens (including phenoxy) is 2. The fraction of sp³-hybridized carbons (Fsp3) is 0.500. The largest absolute Gasteiger partial charge is 0.465 e. The summed E-state index contributed by atoms with van der Waals surface area (Å²) >= 11 is 0. The Hall–Kier alpha value is -1.92. The summed E-state index contributed by atoms with van der Waals surface area (Å²) in [6.45, 7) is 4.12. The van der Waals surface area contributed by atoms with Gasteiger partial charge in [0.2, 0.25) is 0 Å².